The van der Waals surface area contributed by atoms with Crippen LogP contribution < -0.4 is 21.7 Å². The summed E-state index contributed by atoms with van der Waals surface area (Å²) in [4.78, 5) is 27.9. The van der Waals surface area contributed by atoms with E-state index in [0.717, 1.165) is 61.6 Å². The number of nitrogens with one attached hydrogen (secondary N) is 3. The van der Waals surface area contributed by atoms with Crippen molar-refractivity contribution in [1.29, 1.82) is 0 Å². The smallest absolute Gasteiger partial charge is 0.323 e. The maximum atomic E-state index is 12.5. The van der Waals surface area contributed by atoms with Crippen LogP contribution in [0.15, 0.2) is 42.5 Å². The maximum absolute atomic E-state index is 12.5. The van der Waals surface area contributed by atoms with Crippen molar-refractivity contribution in [3.05, 3.63) is 59.2 Å². The number of aryl methyl sites for hydroxylation is 2. The summed E-state index contributed by atoms with van der Waals surface area (Å²) in [6, 6.07) is 12.8. The highest BCUT2D eigenvalue weighted by atomic mass is 32.1. The zero-order valence-corrected chi connectivity index (χ0v) is 21.4. The first-order chi connectivity index (χ1) is 17.4. The van der Waals surface area contributed by atoms with E-state index in [4.69, 9.17) is 10.5 Å². The Morgan fingerprint density at radius 2 is 1.86 bits per heavy atom. The Morgan fingerprint density at radius 1 is 1.08 bits per heavy atom. The lowest BCUT2D eigenvalue weighted by molar-refractivity contribution is 0.0378. The van der Waals surface area contributed by atoms with Gasteiger partial charge in [-0.05, 0) is 73.2 Å². The molecule has 9 nitrogen and oxygen atoms in total. The molecule has 3 amide bonds. The average molecular weight is 509 g/mol. The number of hydrogen-bond donors (Lipinski definition) is 4. The number of ether oxygens (including phenoxy) is 1. The van der Waals surface area contributed by atoms with E-state index in [0.29, 0.717) is 28.5 Å². The monoisotopic (exact) mass is 508 g/mol. The van der Waals surface area contributed by atoms with E-state index >= 15 is 0 Å². The van der Waals surface area contributed by atoms with Gasteiger partial charge in [-0.1, -0.05) is 24.3 Å². The Labute approximate surface area is 215 Å². The summed E-state index contributed by atoms with van der Waals surface area (Å²) < 4.78 is 9.87. The number of nitrogens with zero attached hydrogens (tertiary/aromatic N) is 2. The number of nitrogens with two attached hydrogens (primary N) is 1. The largest absolute Gasteiger partial charge is 0.379 e. The van der Waals surface area contributed by atoms with Gasteiger partial charge in [0.15, 0.2) is 5.82 Å². The SMILES string of the molecule is Cc1ccccc1NC(=O)Nc1ccc(-c2snc(NCCCN3CCOCC3)c2C(N)=O)c(C)c1. The fourth-order valence-corrected chi connectivity index (χ4v) is 5.11. The highest BCUT2D eigenvalue weighted by molar-refractivity contribution is 7.10. The van der Waals surface area contributed by atoms with E-state index in [1.54, 1.807) is 6.07 Å². The number of amides is 3. The lowest BCUT2D eigenvalue weighted by Gasteiger charge is -2.26. The van der Waals surface area contributed by atoms with Gasteiger partial charge in [-0.15, -0.1) is 0 Å². The Bertz CT molecular complexity index is 1220. The van der Waals surface area contributed by atoms with Gasteiger partial charge in [-0.3, -0.25) is 9.69 Å². The molecule has 0 aliphatic carbocycles. The molecule has 0 spiro atoms. The second-order valence-electron chi connectivity index (χ2n) is 8.76. The van der Waals surface area contributed by atoms with Crippen molar-refractivity contribution in [2.24, 2.45) is 5.73 Å². The van der Waals surface area contributed by atoms with Gasteiger partial charge in [0.2, 0.25) is 0 Å². The molecule has 0 saturated carbocycles. The fourth-order valence-electron chi connectivity index (χ4n) is 4.15. The molecule has 190 valence electrons. The normalized spacial score (nSPS) is 13.8. The molecular formula is C26H32N6O3S. The van der Waals surface area contributed by atoms with Crippen molar-refractivity contribution in [3.63, 3.8) is 0 Å². The number of urea groups is 1. The van der Waals surface area contributed by atoms with Gasteiger partial charge in [-0.25, -0.2) is 4.79 Å². The van der Waals surface area contributed by atoms with Crippen LogP contribution in [0.3, 0.4) is 0 Å². The van der Waals surface area contributed by atoms with Crippen molar-refractivity contribution < 1.29 is 14.3 Å². The number of carbonyl (C=O) groups is 2. The van der Waals surface area contributed by atoms with Crippen molar-refractivity contribution in [2.45, 2.75) is 20.3 Å². The number of carbonyl (C=O) groups excluding carboxylic acids is 2. The van der Waals surface area contributed by atoms with Gasteiger partial charge in [0.25, 0.3) is 5.91 Å². The molecule has 1 aromatic heterocycles. The van der Waals surface area contributed by atoms with Crippen LogP contribution in [-0.2, 0) is 4.74 Å². The number of morpholine rings is 1. The Morgan fingerprint density at radius 3 is 2.58 bits per heavy atom. The number of anilines is 3. The Balaban J connectivity index is 1.41. The number of aromatic nitrogens is 1. The minimum absolute atomic E-state index is 0.323. The molecule has 0 bridgehead atoms. The molecule has 1 aliphatic rings. The van der Waals surface area contributed by atoms with Crippen LogP contribution in [-0.4, -0.2) is 60.6 Å². The van der Waals surface area contributed by atoms with Crippen LogP contribution >= 0.6 is 11.5 Å². The molecular weight excluding hydrogens is 476 g/mol. The predicted molar refractivity (Wildman–Crippen MR) is 145 cm³/mol. The fraction of sp³-hybridized carbons (Fsp3) is 0.346. The second-order valence-corrected chi connectivity index (χ2v) is 9.53. The van der Waals surface area contributed by atoms with E-state index in [1.807, 2.05) is 50.2 Å². The third-order valence-corrected chi connectivity index (χ3v) is 6.99. The van der Waals surface area contributed by atoms with E-state index in [-0.39, 0.29) is 6.03 Å². The van der Waals surface area contributed by atoms with Gasteiger partial charge in [0.1, 0.15) is 5.56 Å². The summed E-state index contributed by atoms with van der Waals surface area (Å²) in [6.07, 6.45) is 0.926. The molecule has 36 heavy (non-hydrogen) atoms. The van der Waals surface area contributed by atoms with Gasteiger partial charge in [-0.2, -0.15) is 4.37 Å². The standard InChI is InChI=1S/C26H32N6O3S/c1-17-6-3-4-7-21(17)30-26(34)29-19-8-9-20(18(2)16-19)23-22(24(27)33)25(31-36-23)28-10-5-11-32-12-14-35-15-13-32/h3-4,6-9,16H,5,10-15H2,1-2H3,(H2,27,33)(H,28,31)(H2,29,30,34). The number of primary amides is 1. The molecule has 5 N–H and O–H groups in total. The van der Waals surface area contributed by atoms with Gasteiger partial charge in [0, 0.05) is 31.0 Å². The molecule has 0 radical (unpaired) electrons. The van der Waals surface area contributed by atoms with Crippen molar-refractivity contribution >= 4 is 40.7 Å². The quantitative estimate of drug-likeness (QED) is 0.320. The molecule has 2 aromatic carbocycles. The molecule has 0 atom stereocenters. The molecule has 1 aliphatic heterocycles. The van der Waals surface area contributed by atoms with E-state index in [2.05, 4.69) is 25.2 Å². The molecule has 1 saturated heterocycles. The van der Waals surface area contributed by atoms with Gasteiger partial charge >= 0.3 is 6.03 Å². The third-order valence-electron chi connectivity index (χ3n) is 6.11. The summed E-state index contributed by atoms with van der Waals surface area (Å²) in [5.74, 6) is -0.00247. The summed E-state index contributed by atoms with van der Waals surface area (Å²) >= 11 is 1.24. The van der Waals surface area contributed by atoms with Crippen LogP contribution in [0.1, 0.15) is 27.9 Å². The number of para-hydroxylation sites is 1. The third kappa shape index (κ3) is 6.39. The zero-order valence-electron chi connectivity index (χ0n) is 20.6. The summed E-state index contributed by atoms with van der Waals surface area (Å²) in [7, 11) is 0. The van der Waals surface area contributed by atoms with Crippen LogP contribution in [0.25, 0.3) is 10.4 Å². The summed E-state index contributed by atoms with van der Waals surface area (Å²) in [6.45, 7) is 8.98. The van der Waals surface area contributed by atoms with Crippen LogP contribution in [0.2, 0.25) is 0 Å². The molecule has 3 aromatic rings. The van der Waals surface area contributed by atoms with Crippen molar-refractivity contribution in [1.82, 2.24) is 9.27 Å². The number of hydrogen-bond acceptors (Lipinski definition) is 7. The Kier molecular flexibility index (Phi) is 8.52. The minimum atomic E-state index is -0.520. The first-order valence-electron chi connectivity index (χ1n) is 12.0. The first kappa shape index (κ1) is 25.6. The average Bonchev–Trinajstić information content (AvgIpc) is 3.28. The lowest BCUT2D eigenvalue weighted by Crippen LogP contribution is -2.37. The maximum Gasteiger partial charge on any atom is 0.323 e. The first-order valence-corrected chi connectivity index (χ1v) is 12.8. The topological polar surface area (TPSA) is 122 Å². The lowest BCUT2D eigenvalue weighted by atomic mass is 10.0. The van der Waals surface area contributed by atoms with E-state index < -0.39 is 5.91 Å². The number of benzene rings is 2. The van der Waals surface area contributed by atoms with Crippen LogP contribution in [0.5, 0.6) is 0 Å². The Hall–Kier alpha value is -3.47. The molecule has 1 fully saturated rings. The molecule has 4 rings (SSSR count). The van der Waals surface area contributed by atoms with Crippen molar-refractivity contribution in [3.8, 4) is 10.4 Å². The molecule has 10 heteroatoms. The van der Waals surface area contributed by atoms with Crippen LogP contribution in [0.4, 0.5) is 22.0 Å². The minimum Gasteiger partial charge on any atom is -0.379 e. The number of rotatable bonds is 9. The summed E-state index contributed by atoms with van der Waals surface area (Å²) in [5, 5.41) is 9.01. The van der Waals surface area contributed by atoms with Gasteiger partial charge < -0.3 is 26.4 Å². The second kappa shape index (κ2) is 12.0. The van der Waals surface area contributed by atoms with Crippen molar-refractivity contribution in [2.75, 3.05) is 55.3 Å². The predicted octanol–water partition coefficient (Wildman–Crippen LogP) is 4.30. The molecule has 2 heterocycles. The molecule has 0 unspecified atom stereocenters. The zero-order chi connectivity index (χ0) is 25.5. The van der Waals surface area contributed by atoms with E-state index in [1.165, 1.54) is 11.5 Å². The van der Waals surface area contributed by atoms with Crippen LogP contribution in [0, 0.1) is 13.8 Å². The van der Waals surface area contributed by atoms with E-state index in [9.17, 15) is 9.59 Å². The highest BCUT2D eigenvalue weighted by Crippen LogP contribution is 2.36. The summed E-state index contributed by atoms with van der Waals surface area (Å²) in [5.41, 5.74) is 10.3. The highest BCUT2D eigenvalue weighted by Gasteiger charge is 2.21. The van der Waals surface area contributed by atoms with Gasteiger partial charge in [0.05, 0.1) is 18.1 Å².